The third-order valence-electron chi connectivity index (χ3n) is 3.65. The molecule has 0 unspecified atom stereocenters. The van der Waals surface area contributed by atoms with Crippen molar-refractivity contribution in [3.63, 3.8) is 0 Å². The summed E-state index contributed by atoms with van der Waals surface area (Å²) in [7, 11) is -1.89. The molecule has 0 aliphatic carbocycles. The van der Waals surface area contributed by atoms with Gasteiger partial charge in [0, 0.05) is 25.7 Å². The van der Waals surface area contributed by atoms with Crippen LogP contribution in [-0.2, 0) is 10.0 Å². The van der Waals surface area contributed by atoms with Gasteiger partial charge in [0.25, 0.3) is 5.91 Å². The number of nitrogens with two attached hydrogens (primary N) is 1. The van der Waals surface area contributed by atoms with E-state index in [9.17, 15) is 13.2 Å². The Morgan fingerprint density at radius 1 is 1.33 bits per heavy atom. The number of hydrogen-bond acceptors (Lipinski definition) is 4. The quantitative estimate of drug-likeness (QED) is 0.757. The maximum Gasteiger partial charge on any atom is 0.253 e. The molecule has 1 rings (SSSR count). The van der Waals surface area contributed by atoms with Crippen molar-refractivity contribution in [2.24, 2.45) is 11.1 Å². The molecule has 0 spiro atoms. The first-order chi connectivity index (χ1) is 10.5. The lowest BCUT2D eigenvalue weighted by Crippen LogP contribution is -2.40. The molecule has 1 aromatic carbocycles. The van der Waals surface area contributed by atoms with Gasteiger partial charge < -0.3 is 10.6 Å². The van der Waals surface area contributed by atoms with Crippen molar-refractivity contribution in [2.75, 3.05) is 26.7 Å². The van der Waals surface area contributed by atoms with Gasteiger partial charge in [-0.3, -0.25) is 4.79 Å². The van der Waals surface area contributed by atoms with Crippen molar-refractivity contribution in [1.29, 1.82) is 0 Å². The Hall–Kier alpha value is -1.15. The number of carbonyl (C=O) groups excluding carboxylic acids is 1. The summed E-state index contributed by atoms with van der Waals surface area (Å²) >= 11 is 0. The van der Waals surface area contributed by atoms with Gasteiger partial charge in [0.15, 0.2) is 0 Å². The molecule has 8 heteroatoms. The minimum Gasteiger partial charge on any atom is -0.341 e. The Kier molecular flexibility index (Phi) is 8.38. The van der Waals surface area contributed by atoms with Crippen LogP contribution in [0.2, 0.25) is 0 Å². The van der Waals surface area contributed by atoms with Crippen molar-refractivity contribution in [3.8, 4) is 0 Å². The number of nitrogens with one attached hydrogen (secondary N) is 1. The van der Waals surface area contributed by atoms with Gasteiger partial charge in [-0.2, -0.15) is 0 Å². The van der Waals surface area contributed by atoms with E-state index in [0.717, 1.165) is 5.56 Å². The predicted molar refractivity (Wildman–Crippen MR) is 99.1 cm³/mol. The molecule has 0 saturated heterocycles. The number of benzene rings is 1. The second kappa shape index (κ2) is 8.80. The van der Waals surface area contributed by atoms with Gasteiger partial charge >= 0.3 is 0 Å². The molecule has 0 atom stereocenters. The highest BCUT2D eigenvalue weighted by Gasteiger charge is 2.24. The molecular weight excluding hydrogens is 350 g/mol. The van der Waals surface area contributed by atoms with Gasteiger partial charge in [0.2, 0.25) is 10.0 Å². The van der Waals surface area contributed by atoms with Gasteiger partial charge in [-0.15, -0.1) is 12.4 Å². The summed E-state index contributed by atoms with van der Waals surface area (Å²) in [5, 5.41) is 0. The number of carbonyl (C=O) groups is 1. The molecule has 138 valence electrons. The molecule has 6 nitrogen and oxygen atoms in total. The molecule has 0 radical (unpaired) electrons. The predicted octanol–water partition coefficient (Wildman–Crippen LogP) is 1.77. The van der Waals surface area contributed by atoms with Crippen LogP contribution >= 0.6 is 12.4 Å². The first-order valence-electron chi connectivity index (χ1n) is 7.60. The summed E-state index contributed by atoms with van der Waals surface area (Å²) in [5.41, 5.74) is 6.64. The Morgan fingerprint density at radius 3 is 2.42 bits per heavy atom. The van der Waals surface area contributed by atoms with Gasteiger partial charge in [0.05, 0.1) is 4.90 Å². The number of hydrogen-bond donors (Lipinski definition) is 2. The molecule has 24 heavy (non-hydrogen) atoms. The van der Waals surface area contributed by atoms with Crippen molar-refractivity contribution >= 4 is 28.3 Å². The maximum absolute atomic E-state index is 12.7. The highest BCUT2D eigenvalue weighted by atomic mass is 35.5. The van der Waals surface area contributed by atoms with Crippen LogP contribution in [0.15, 0.2) is 23.1 Å². The van der Waals surface area contributed by atoms with Gasteiger partial charge in [0.1, 0.15) is 0 Å². The van der Waals surface area contributed by atoms with Crippen molar-refractivity contribution in [3.05, 3.63) is 29.3 Å². The largest absolute Gasteiger partial charge is 0.341 e. The Morgan fingerprint density at radius 2 is 1.92 bits per heavy atom. The highest BCUT2D eigenvalue weighted by Crippen LogP contribution is 2.20. The smallest absolute Gasteiger partial charge is 0.253 e. The first kappa shape index (κ1) is 22.9. The highest BCUT2D eigenvalue weighted by molar-refractivity contribution is 7.89. The fourth-order valence-electron chi connectivity index (χ4n) is 2.26. The first-order valence-corrected chi connectivity index (χ1v) is 9.08. The minimum atomic E-state index is -3.59. The minimum absolute atomic E-state index is 0. The average Bonchev–Trinajstić information content (AvgIpc) is 2.46. The molecule has 0 heterocycles. The van der Waals surface area contributed by atoms with E-state index in [2.05, 4.69) is 4.72 Å². The summed E-state index contributed by atoms with van der Waals surface area (Å²) in [4.78, 5) is 14.3. The molecule has 0 fully saturated rings. The molecule has 0 aliphatic heterocycles. The van der Waals surface area contributed by atoms with E-state index in [1.807, 2.05) is 13.8 Å². The number of sulfonamides is 1. The van der Waals surface area contributed by atoms with E-state index in [0.29, 0.717) is 25.2 Å². The standard InChI is InChI=1S/C16H27N3O3S.ClH/c1-6-18-23(21,22)13-8-7-12(2)14(9-13)15(20)19(5)11-16(3,4)10-17;/h7-9,18H,6,10-11,17H2,1-5H3;1H. The average molecular weight is 378 g/mol. The van der Waals surface area contributed by atoms with Crippen LogP contribution in [0.4, 0.5) is 0 Å². The van der Waals surface area contributed by atoms with Crippen LogP contribution in [0.5, 0.6) is 0 Å². The molecular formula is C16H28ClN3O3S. The lowest BCUT2D eigenvalue weighted by molar-refractivity contribution is 0.0739. The number of amides is 1. The topological polar surface area (TPSA) is 92.5 Å². The Balaban J connectivity index is 0.00000529. The van der Waals surface area contributed by atoms with E-state index in [-0.39, 0.29) is 28.6 Å². The zero-order valence-corrected chi connectivity index (χ0v) is 16.6. The zero-order chi connectivity index (χ0) is 17.8. The summed E-state index contributed by atoms with van der Waals surface area (Å²) in [6.45, 7) is 8.71. The lowest BCUT2D eigenvalue weighted by Gasteiger charge is -2.29. The van der Waals surface area contributed by atoms with Gasteiger partial charge in [-0.05, 0) is 36.6 Å². The summed E-state index contributed by atoms with van der Waals surface area (Å²) in [5.74, 6) is -0.211. The van der Waals surface area contributed by atoms with E-state index in [1.165, 1.54) is 12.1 Å². The van der Waals surface area contributed by atoms with Crippen LogP contribution < -0.4 is 10.5 Å². The molecule has 0 saturated carbocycles. The van der Waals surface area contributed by atoms with Crippen molar-refractivity contribution < 1.29 is 13.2 Å². The van der Waals surface area contributed by atoms with Crippen LogP contribution in [0.3, 0.4) is 0 Å². The van der Waals surface area contributed by atoms with E-state index in [1.54, 1.807) is 31.9 Å². The molecule has 0 aliphatic rings. The summed E-state index contributed by atoms with van der Waals surface area (Å²) in [6.07, 6.45) is 0. The SMILES string of the molecule is CCNS(=O)(=O)c1ccc(C)c(C(=O)N(C)CC(C)(C)CN)c1.Cl. The number of halogens is 1. The molecule has 1 amide bonds. The Labute approximate surface area is 151 Å². The van der Waals surface area contributed by atoms with Crippen molar-refractivity contribution in [1.82, 2.24) is 9.62 Å². The van der Waals surface area contributed by atoms with E-state index < -0.39 is 10.0 Å². The summed E-state index contributed by atoms with van der Waals surface area (Å²) < 4.78 is 26.7. The lowest BCUT2D eigenvalue weighted by atomic mass is 9.93. The molecule has 0 aromatic heterocycles. The van der Waals surface area contributed by atoms with E-state index >= 15 is 0 Å². The fraction of sp³-hybridized carbons (Fsp3) is 0.562. The number of nitrogens with zero attached hydrogens (tertiary/aromatic N) is 1. The van der Waals surface area contributed by atoms with Gasteiger partial charge in [-0.1, -0.05) is 26.8 Å². The fourth-order valence-corrected chi connectivity index (χ4v) is 3.32. The number of rotatable bonds is 7. The monoisotopic (exact) mass is 377 g/mol. The molecule has 3 N–H and O–H groups in total. The summed E-state index contributed by atoms with van der Waals surface area (Å²) in [6, 6.07) is 4.59. The zero-order valence-electron chi connectivity index (χ0n) is 14.9. The Bertz CT molecular complexity index is 675. The van der Waals surface area contributed by atoms with Crippen LogP contribution in [-0.4, -0.2) is 45.9 Å². The normalized spacial score (nSPS) is 11.8. The maximum atomic E-state index is 12.7. The second-order valence-corrected chi connectivity index (χ2v) is 8.27. The van der Waals surface area contributed by atoms with Crippen molar-refractivity contribution in [2.45, 2.75) is 32.6 Å². The van der Waals surface area contributed by atoms with Crippen LogP contribution in [0, 0.1) is 12.3 Å². The number of aryl methyl sites for hydroxylation is 1. The molecule has 1 aromatic rings. The molecule has 0 bridgehead atoms. The van der Waals surface area contributed by atoms with E-state index in [4.69, 9.17) is 5.73 Å². The third kappa shape index (κ3) is 5.73. The van der Waals surface area contributed by atoms with Crippen LogP contribution in [0.1, 0.15) is 36.7 Å². The van der Waals surface area contributed by atoms with Crippen LogP contribution in [0.25, 0.3) is 0 Å². The third-order valence-corrected chi connectivity index (χ3v) is 5.19. The van der Waals surface area contributed by atoms with Gasteiger partial charge in [-0.25, -0.2) is 13.1 Å². The second-order valence-electron chi connectivity index (χ2n) is 6.51.